The largest absolute Gasteiger partial charge is 0.469 e. The third kappa shape index (κ3) is 1.80. The van der Waals surface area contributed by atoms with E-state index < -0.39 is 0 Å². The van der Waals surface area contributed by atoms with Crippen LogP contribution >= 0.6 is 12.2 Å². The number of nitrogens with one attached hydrogen (secondary N) is 1. The minimum Gasteiger partial charge on any atom is -0.469 e. The molecule has 0 atom stereocenters. The van der Waals surface area contributed by atoms with Crippen LogP contribution in [0.2, 0.25) is 0 Å². The van der Waals surface area contributed by atoms with Gasteiger partial charge in [-0.3, -0.25) is 0 Å². The van der Waals surface area contributed by atoms with E-state index in [1.165, 1.54) is 0 Å². The van der Waals surface area contributed by atoms with Gasteiger partial charge >= 0.3 is 0 Å². The van der Waals surface area contributed by atoms with Gasteiger partial charge in [0.1, 0.15) is 16.2 Å². The van der Waals surface area contributed by atoms with Gasteiger partial charge in [-0.25, -0.2) is 4.98 Å². The number of nitrogens with zero attached hydrogens (tertiary/aromatic N) is 1. The van der Waals surface area contributed by atoms with E-state index >= 15 is 0 Å². The molecule has 1 N–H and O–H groups in total. The summed E-state index contributed by atoms with van der Waals surface area (Å²) in [5.41, 5.74) is 3.16. The number of hydrogen-bond acceptors (Lipinski definition) is 3. The summed E-state index contributed by atoms with van der Waals surface area (Å²) < 4.78 is 5.94. The third-order valence-electron chi connectivity index (χ3n) is 2.70. The van der Waals surface area contributed by atoms with Gasteiger partial charge in [0, 0.05) is 11.3 Å². The van der Waals surface area contributed by atoms with Crippen LogP contribution in [-0.4, -0.2) is 9.97 Å². The van der Waals surface area contributed by atoms with E-state index in [0.29, 0.717) is 4.64 Å². The Hall–Kier alpha value is -1.42. The molecule has 0 fully saturated rings. The molecule has 2 aromatic rings. The number of aromatic amines is 1. The fraction of sp³-hybridized carbons (Fsp3) is 0.333. The molecule has 16 heavy (non-hydrogen) atoms. The number of aryl methyl sites for hydroxylation is 2. The normalized spacial score (nSPS) is 10.7. The molecule has 0 radical (unpaired) electrons. The van der Waals surface area contributed by atoms with Gasteiger partial charge in [-0.05, 0) is 26.3 Å². The summed E-state index contributed by atoms with van der Waals surface area (Å²) in [7, 11) is 0. The average Bonchev–Trinajstić information content (AvgIpc) is 2.64. The Balaban J connectivity index is 2.61. The van der Waals surface area contributed by atoms with Crippen LogP contribution in [0.3, 0.4) is 0 Å². The van der Waals surface area contributed by atoms with Crippen molar-refractivity contribution in [1.82, 2.24) is 9.97 Å². The van der Waals surface area contributed by atoms with Gasteiger partial charge in [-0.2, -0.15) is 0 Å². The first-order chi connectivity index (χ1) is 7.63. The zero-order chi connectivity index (χ0) is 11.7. The fourth-order valence-electron chi connectivity index (χ4n) is 1.79. The van der Waals surface area contributed by atoms with Crippen molar-refractivity contribution in [2.45, 2.75) is 27.2 Å². The quantitative estimate of drug-likeness (QED) is 0.807. The Labute approximate surface area is 99.5 Å². The maximum Gasteiger partial charge on any atom is 0.142 e. The highest BCUT2D eigenvalue weighted by Gasteiger charge is 2.09. The van der Waals surface area contributed by atoms with Crippen molar-refractivity contribution in [3.63, 3.8) is 0 Å². The van der Waals surface area contributed by atoms with E-state index in [1.54, 1.807) is 6.26 Å². The first-order valence-corrected chi connectivity index (χ1v) is 5.68. The van der Waals surface area contributed by atoms with Crippen molar-refractivity contribution < 1.29 is 4.42 Å². The van der Waals surface area contributed by atoms with Gasteiger partial charge < -0.3 is 9.40 Å². The van der Waals surface area contributed by atoms with Crippen LogP contribution < -0.4 is 0 Å². The zero-order valence-corrected chi connectivity index (χ0v) is 10.4. The van der Waals surface area contributed by atoms with Crippen LogP contribution in [0.25, 0.3) is 11.4 Å². The minimum absolute atomic E-state index is 0.675. The Morgan fingerprint density at radius 2 is 2.19 bits per heavy atom. The van der Waals surface area contributed by atoms with Gasteiger partial charge in [0.05, 0.1) is 11.8 Å². The summed E-state index contributed by atoms with van der Waals surface area (Å²) in [5.74, 6) is 1.63. The summed E-state index contributed by atoms with van der Waals surface area (Å²) >= 11 is 5.28. The first-order valence-electron chi connectivity index (χ1n) is 5.27. The van der Waals surface area contributed by atoms with Crippen molar-refractivity contribution in [2.24, 2.45) is 0 Å². The van der Waals surface area contributed by atoms with Crippen LogP contribution in [-0.2, 0) is 6.42 Å². The van der Waals surface area contributed by atoms with Gasteiger partial charge in [0.2, 0.25) is 0 Å². The van der Waals surface area contributed by atoms with E-state index in [0.717, 1.165) is 34.8 Å². The average molecular weight is 234 g/mol. The monoisotopic (exact) mass is 234 g/mol. The second-order valence-electron chi connectivity index (χ2n) is 3.74. The molecule has 0 saturated heterocycles. The van der Waals surface area contributed by atoms with Crippen molar-refractivity contribution in [2.75, 3.05) is 0 Å². The Morgan fingerprint density at radius 1 is 1.44 bits per heavy atom. The molecule has 0 aliphatic rings. The molecule has 2 aromatic heterocycles. The standard InChI is InChI=1S/C12H14N2OS/c1-4-9-7(2)13-11(14-12(9)16)10-5-6-15-8(10)3/h5-6H,4H2,1-3H3,(H,13,14,16). The molecule has 0 saturated carbocycles. The summed E-state index contributed by atoms with van der Waals surface area (Å²) in [5, 5.41) is 0. The molecule has 4 heteroatoms. The van der Waals surface area contributed by atoms with Gasteiger partial charge in [-0.1, -0.05) is 19.1 Å². The van der Waals surface area contributed by atoms with E-state index in [1.807, 2.05) is 19.9 Å². The zero-order valence-electron chi connectivity index (χ0n) is 9.63. The summed E-state index contributed by atoms with van der Waals surface area (Å²) in [4.78, 5) is 7.68. The molecule has 0 bridgehead atoms. The lowest BCUT2D eigenvalue weighted by Crippen LogP contribution is -1.99. The summed E-state index contributed by atoms with van der Waals surface area (Å²) in [6, 6.07) is 1.90. The fourth-order valence-corrected chi connectivity index (χ4v) is 2.17. The van der Waals surface area contributed by atoms with Crippen molar-refractivity contribution >= 4 is 12.2 Å². The minimum atomic E-state index is 0.675. The topological polar surface area (TPSA) is 41.8 Å². The number of hydrogen-bond donors (Lipinski definition) is 1. The lowest BCUT2D eigenvalue weighted by Gasteiger charge is -2.06. The predicted molar refractivity (Wildman–Crippen MR) is 66.0 cm³/mol. The van der Waals surface area contributed by atoms with Crippen LogP contribution in [0.4, 0.5) is 0 Å². The molecule has 0 aromatic carbocycles. The molecular weight excluding hydrogens is 220 g/mol. The molecule has 0 aliphatic carbocycles. The van der Waals surface area contributed by atoms with E-state index in [4.69, 9.17) is 16.6 Å². The highest BCUT2D eigenvalue weighted by molar-refractivity contribution is 7.71. The van der Waals surface area contributed by atoms with Crippen molar-refractivity contribution in [3.05, 3.63) is 34.0 Å². The third-order valence-corrected chi connectivity index (χ3v) is 3.04. The smallest absolute Gasteiger partial charge is 0.142 e. The molecule has 2 rings (SSSR count). The lowest BCUT2D eigenvalue weighted by molar-refractivity contribution is 0.535. The first kappa shape index (κ1) is 11.1. The van der Waals surface area contributed by atoms with Crippen LogP contribution in [0, 0.1) is 18.5 Å². The van der Waals surface area contributed by atoms with Crippen LogP contribution in [0.15, 0.2) is 16.7 Å². The second kappa shape index (κ2) is 4.22. The molecule has 0 aliphatic heterocycles. The van der Waals surface area contributed by atoms with Crippen LogP contribution in [0.5, 0.6) is 0 Å². The molecule has 84 valence electrons. The Kier molecular flexibility index (Phi) is 2.92. The predicted octanol–water partition coefficient (Wildman–Crippen LogP) is 3.58. The number of rotatable bonds is 2. The highest BCUT2D eigenvalue weighted by Crippen LogP contribution is 2.22. The Morgan fingerprint density at radius 3 is 2.69 bits per heavy atom. The number of aromatic nitrogens is 2. The van der Waals surface area contributed by atoms with Gasteiger partial charge in [-0.15, -0.1) is 0 Å². The molecule has 0 spiro atoms. The molecule has 3 nitrogen and oxygen atoms in total. The van der Waals surface area contributed by atoms with Crippen molar-refractivity contribution in [3.8, 4) is 11.4 Å². The SMILES string of the molecule is CCc1c(C)[nH]c(-c2ccoc2C)nc1=S. The van der Waals surface area contributed by atoms with E-state index in [9.17, 15) is 0 Å². The van der Waals surface area contributed by atoms with Gasteiger partial charge in [0.25, 0.3) is 0 Å². The molecular formula is C12H14N2OS. The Bertz CT molecular complexity index is 569. The van der Waals surface area contributed by atoms with E-state index in [-0.39, 0.29) is 0 Å². The molecule has 2 heterocycles. The number of H-pyrrole nitrogens is 1. The van der Waals surface area contributed by atoms with Gasteiger partial charge in [0.15, 0.2) is 0 Å². The maximum absolute atomic E-state index is 5.28. The molecule has 0 unspecified atom stereocenters. The van der Waals surface area contributed by atoms with E-state index in [2.05, 4.69) is 16.9 Å². The maximum atomic E-state index is 5.28. The summed E-state index contributed by atoms with van der Waals surface area (Å²) in [6.45, 7) is 6.02. The lowest BCUT2D eigenvalue weighted by atomic mass is 10.2. The summed E-state index contributed by atoms with van der Waals surface area (Å²) in [6.07, 6.45) is 2.56. The van der Waals surface area contributed by atoms with Crippen molar-refractivity contribution in [1.29, 1.82) is 0 Å². The van der Waals surface area contributed by atoms with Crippen LogP contribution in [0.1, 0.15) is 23.9 Å². The highest BCUT2D eigenvalue weighted by atomic mass is 32.1. The second-order valence-corrected chi connectivity index (χ2v) is 4.12. The number of furan rings is 1. The molecule has 0 amide bonds.